The van der Waals surface area contributed by atoms with Crippen LogP contribution in [0.15, 0.2) is 94.3 Å². The molecule has 5 nitrogen and oxygen atoms in total. The van der Waals surface area contributed by atoms with Crippen molar-refractivity contribution in [2.75, 3.05) is 6.54 Å². The van der Waals surface area contributed by atoms with E-state index in [1.54, 1.807) is 18.2 Å². The van der Waals surface area contributed by atoms with Crippen LogP contribution in [0, 0.1) is 0 Å². The molecule has 0 spiro atoms. The first-order valence-corrected chi connectivity index (χ1v) is 11.7. The molecule has 0 saturated heterocycles. The molecule has 0 aromatic heterocycles. The second kappa shape index (κ2) is 10.0. The van der Waals surface area contributed by atoms with Gasteiger partial charge in [-0.2, -0.15) is 4.31 Å². The second-order valence-electron chi connectivity index (χ2n) is 6.91. The number of hydrogen-bond donors (Lipinski definition) is 1. The zero-order chi connectivity index (χ0) is 21.6. The van der Waals surface area contributed by atoms with Gasteiger partial charge in [0.2, 0.25) is 15.9 Å². The monoisotopic (exact) mass is 486 g/mol. The molecular formula is C23H23BrN2O3S. The van der Waals surface area contributed by atoms with Gasteiger partial charge in [0, 0.05) is 11.0 Å². The van der Waals surface area contributed by atoms with E-state index in [4.69, 9.17) is 0 Å². The van der Waals surface area contributed by atoms with E-state index in [0.29, 0.717) is 0 Å². The molecule has 3 aromatic carbocycles. The number of benzene rings is 3. The number of sulfonamides is 1. The van der Waals surface area contributed by atoms with Gasteiger partial charge in [-0.15, -0.1) is 0 Å². The molecule has 0 aliphatic heterocycles. The molecule has 3 rings (SSSR count). The average molecular weight is 487 g/mol. The van der Waals surface area contributed by atoms with Crippen LogP contribution >= 0.6 is 15.9 Å². The summed E-state index contributed by atoms with van der Waals surface area (Å²) in [5.41, 5.74) is 1.75. The quantitative estimate of drug-likeness (QED) is 0.508. The topological polar surface area (TPSA) is 66.5 Å². The highest BCUT2D eigenvalue weighted by Crippen LogP contribution is 2.20. The number of carbonyl (C=O) groups excluding carboxylic acids is 1. The van der Waals surface area contributed by atoms with E-state index < -0.39 is 10.0 Å². The van der Waals surface area contributed by atoms with E-state index in [1.807, 2.05) is 61.5 Å². The fourth-order valence-electron chi connectivity index (χ4n) is 3.03. The zero-order valence-electron chi connectivity index (χ0n) is 16.5. The standard InChI is InChI=1S/C23H23BrN2O3S/c1-18(20-8-4-2-5-9-20)25-23(27)17-26(16-19-12-14-21(24)15-13-19)30(28,29)22-10-6-3-7-11-22/h2-15,18H,16-17H2,1H3,(H,25,27)/t18-/m1/s1. The third kappa shape index (κ3) is 5.78. The van der Waals surface area contributed by atoms with Crippen LogP contribution < -0.4 is 5.32 Å². The lowest BCUT2D eigenvalue weighted by Gasteiger charge is -2.23. The predicted octanol–water partition coefficient (Wildman–Crippen LogP) is 4.52. The number of halogens is 1. The summed E-state index contributed by atoms with van der Waals surface area (Å²) in [5, 5.41) is 2.89. The van der Waals surface area contributed by atoms with Crippen molar-refractivity contribution in [1.29, 1.82) is 0 Å². The maximum Gasteiger partial charge on any atom is 0.243 e. The van der Waals surface area contributed by atoms with Crippen LogP contribution in [0.1, 0.15) is 24.1 Å². The zero-order valence-corrected chi connectivity index (χ0v) is 18.9. The number of carbonyl (C=O) groups is 1. The SMILES string of the molecule is C[C@@H](NC(=O)CN(Cc1ccc(Br)cc1)S(=O)(=O)c1ccccc1)c1ccccc1. The Hall–Kier alpha value is -2.48. The van der Waals surface area contributed by atoms with E-state index >= 15 is 0 Å². The Labute approximate surface area is 185 Å². The summed E-state index contributed by atoms with van der Waals surface area (Å²) in [6.07, 6.45) is 0. The van der Waals surface area contributed by atoms with Crippen molar-refractivity contribution in [2.45, 2.75) is 24.4 Å². The molecule has 0 aliphatic rings. The van der Waals surface area contributed by atoms with Crippen LogP contribution in [0.25, 0.3) is 0 Å². The maximum atomic E-state index is 13.2. The molecule has 0 fully saturated rings. The largest absolute Gasteiger partial charge is 0.348 e. The summed E-state index contributed by atoms with van der Waals surface area (Å²) in [7, 11) is -3.84. The summed E-state index contributed by atoms with van der Waals surface area (Å²) < 4.78 is 28.6. The molecule has 0 unspecified atom stereocenters. The molecule has 7 heteroatoms. The minimum absolute atomic E-state index is 0.0949. The Morgan fingerprint density at radius 1 is 0.933 bits per heavy atom. The van der Waals surface area contributed by atoms with E-state index in [2.05, 4.69) is 21.2 Å². The Morgan fingerprint density at radius 2 is 1.50 bits per heavy atom. The van der Waals surface area contributed by atoms with Crippen molar-refractivity contribution in [2.24, 2.45) is 0 Å². The third-order valence-corrected chi connectivity index (χ3v) is 6.98. The lowest BCUT2D eigenvalue weighted by molar-refractivity contribution is -0.122. The van der Waals surface area contributed by atoms with Gasteiger partial charge in [0.15, 0.2) is 0 Å². The summed E-state index contributed by atoms with van der Waals surface area (Å²) in [4.78, 5) is 12.9. The molecule has 1 amide bonds. The van der Waals surface area contributed by atoms with Gasteiger partial charge in [0.05, 0.1) is 17.5 Å². The van der Waals surface area contributed by atoms with Gasteiger partial charge in [-0.05, 0) is 42.3 Å². The van der Waals surface area contributed by atoms with E-state index in [9.17, 15) is 13.2 Å². The number of hydrogen-bond acceptors (Lipinski definition) is 3. The molecular weight excluding hydrogens is 464 g/mol. The van der Waals surface area contributed by atoms with Gasteiger partial charge in [-0.25, -0.2) is 8.42 Å². The molecule has 3 aromatic rings. The summed E-state index contributed by atoms with van der Waals surface area (Å²) >= 11 is 3.38. The van der Waals surface area contributed by atoms with Crippen molar-refractivity contribution < 1.29 is 13.2 Å². The van der Waals surface area contributed by atoms with E-state index in [1.165, 1.54) is 16.4 Å². The highest BCUT2D eigenvalue weighted by Gasteiger charge is 2.27. The summed E-state index contributed by atoms with van der Waals surface area (Å²) in [6, 6.07) is 24.9. The normalized spacial score (nSPS) is 12.5. The van der Waals surface area contributed by atoms with Crippen LogP contribution in [0.2, 0.25) is 0 Å². The van der Waals surface area contributed by atoms with Crippen LogP contribution in [0.5, 0.6) is 0 Å². The molecule has 0 radical (unpaired) electrons. The Morgan fingerprint density at radius 3 is 2.10 bits per heavy atom. The first-order valence-electron chi connectivity index (χ1n) is 9.50. The number of nitrogens with zero attached hydrogens (tertiary/aromatic N) is 1. The fraction of sp³-hybridized carbons (Fsp3) is 0.174. The lowest BCUT2D eigenvalue weighted by Crippen LogP contribution is -2.41. The molecule has 0 saturated carbocycles. The van der Waals surface area contributed by atoms with Gasteiger partial charge in [0.25, 0.3) is 0 Å². The molecule has 1 atom stereocenters. The minimum Gasteiger partial charge on any atom is -0.348 e. The molecule has 30 heavy (non-hydrogen) atoms. The second-order valence-corrected chi connectivity index (χ2v) is 9.77. The highest BCUT2D eigenvalue weighted by molar-refractivity contribution is 9.10. The van der Waals surface area contributed by atoms with Gasteiger partial charge in [0.1, 0.15) is 0 Å². The van der Waals surface area contributed by atoms with Crippen LogP contribution in [-0.4, -0.2) is 25.2 Å². The van der Waals surface area contributed by atoms with Crippen LogP contribution in [-0.2, 0) is 21.4 Å². The lowest BCUT2D eigenvalue weighted by atomic mass is 10.1. The Kier molecular flexibility index (Phi) is 7.42. The molecule has 0 aliphatic carbocycles. The van der Waals surface area contributed by atoms with Gasteiger partial charge < -0.3 is 5.32 Å². The third-order valence-electron chi connectivity index (χ3n) is 4.65. The van der Waals surface area contributed by atoms with Crippen molar-refractivity contribution in [3.8, 4) is 0 Å². The van der Waals surface area contributed by atoms with Crippen LogP contribution in [0.3, 0.4) is 0 Å². The summed E-state index contributed by atoms with van der Waals surface area (Å²) in [6.45, 7) is 1.69. The first-order chi connectivity index (χ1) is 14.4. The summed E-state index contributed by atoms with van der Waals surface area (Å²) in [5.74, 6) is -0.358. The molecule has 0 heterocycles. The Bertz CT molecular complexity index is 1070. The fourth-order valence-corrected chi connectivity index (χ4v) is 4.70. The van der Waals surface area contributed by atoms with Gasteiger partial charge in [-0.3, -0.25) is 4.79 Å². The molecule has 1 N–H and O–H groups in total. The van der Waals surface area contributed by atoms with Crippen molar-refractivity contribution in [3.05, 3.63) is 101 Å². The van der Waals surface area contributed by atoms with Gasteiger partial charge >= 0.3 is 0 Å². The Balaban J connectivity index is 1.81. The van der Waals surface area contributed by atoms with Crippen LogP contribution in [0.4, 0.5) is 0 Å². The van der Waals surface area contributed by atoms with Crippen molar-refractivity contribution >= 4 is 31.9 Å². The maximum absolute atomic E-state index is 13.2. The minimum atomic E-state index is -3.84. The predicted molar refractivity (Wildman–Crippen MR) is 121 cm³/mol. The highest BCUT2D eigenvalue weighted by atomic mass is 79.9. The van der Waals surface area contributed by atoms with Crippen molar-refractivity contribution in [3.63, 3.8) is 0 Å². The first kappa shape index (κ1) is 22.2. The number of rotatable bonds is 8. The van der Waals surface area contributed by atoms with E-state index in [0.717, 1.165) is 15.6 Å². The number of amides is 1. The molecule has 0 bridgehead atoms. The molecule has 156 valence electrons. The smallest absolute Gasteiger partial charge is 0.243 e. The van der Waals surface area contributed by atoms with Gasteiger partial charge in [-0.1, -0.05) is 76.6 Å². The average Bonchev–Trinajstić information content (AvgIpc) is 2.76. The van der Waals surface area contributed by atoms with Crippen molar-refractivity contribution in [1.82, 2.24) is 9.62 Å². The van der Waals surface area contributed by atoms with E-state index in [-0.39, 0.29) is 29.9 Å². The number of nitrogens with one attached hydrogen (secondary N) is 1.